The summed E-state index contributed by atoms with van der Waals surface area (Å²) < 4.78 is 0. The first-order valence-corrected chi connectivity index (χ1v) is 4.18. The highest BCUT2D eigenvalue weighted by atomic mass is 15.2. The minimum absolute atomic E-state index is 0.965. The maximum absolute atomic E-state index is 4.09. The summed E-state index contributed by atoms with van der Waals surface area (Å²) in [4.78, 5) is 6.07. The topological polar surface area (TPSA) is 15.6 Å². The Hall–Kier alpha value is -1.05. The number of hydrogen-bond donors (Lipinski definition) is 0. The van der Waals surface area contributed by atoms with E-state index in [1.165, 1.54) is 0 Å². The SMILES string of the molecule is C=C(C)N(/C=C\CC)C(C)=NC. The lowest BCUT2D eigenvalue weighted by molar-refractivity contribution is 0.683. The highest BCUT2D eigenvalue weighted by molar-refractivity contribution is 5.82. The van der Waals surface area contributed by atoms with E-state index >= 15 is 0 Å². The summed E-state index contributed by atoms with van der Waals surface area (Å²) in [5.74, 6) is 0.965. The first-order chi connectivity index (χ1) is 5.63. The molecule has 0 aromatic carbocycles. The Morgan fingerprint density at radius 3 is 2.42 bits per heavy atom. The molecule has 0 saturated heterocycles. The van der Waals surface area contributed by atoms with E-state index in [1.54, 1.807) is 7.05 Å². The zero-order valence-corrected chi connectivity index (χ0v) is 8.46. The van der Waals surface area contributed by atoms with Crippen LogP contribution in [0.5, 0.6) is 0 Å². The van der Waals surface area contributed by atoms with Crippen molar-refractivity contribution >= 4 is 5.84 Å². The Morgan fingerprint density at radius 1 is 1.50 bits per heavy atom. The molecule has 2 nitrogen and oxygen atoms in total. The van der Waals surface area contributed by atoms with Gasteiger partial charge in [0.05, 0.1) is 0 Å². The third-order valence-corrected chi connectivity index (χ3v) is 1.57. The Kier molecular flexibility index (Phi) is 5.09. The second-order valence-corrected chi connectivity index (χ2v) is 2.67. The molecular weight excluding hydrogens is 148 g/mol. The molecule has 0 aliphatic carbocycles. The van der Waals surface area contributed by atoms with Crippen molar-refractivity contribution in [2.45, 2.75) is 27.2 Å². The van der Waals surface area contributed by atoms with Gasteiger partial charge in [-0.1, -0.05) is 19.6 Å². The first kappa shape index (κ1) is 11.0. The van der Waals surface area contributed by atoms with Crippen LogP contribution in [-0.4, -0.2) is 17.8 Å². The van der Waals surface area contributed by atoms with Crippen LogP contribution >= 0.6 is 0 Å². The van der Waals surface area contributed by atoms with Crippen molar-refractivity contribution in [3.05, 3.63) is 24.6 Å². The maximum atomic E-state index is 4.09. The normalized spacial score (nSPS) is 12.2. The number of amidine groups is 1. The monoisotopic (exact) mass is 166 g/mol. The molecule has 0 aromatic rings. The van der Waals surface area contributed by atoms with Crippen LogP contribution in [0.4, 0.5) is 0 Å². The average molecular weight is 166 g/mol. The standard InChI is InChI=1S/C10H18N2/c1-6-7-8-12(9(2)3)10(4)11-5/h7-8H,2,6H2,1,3-5H3/b8-7-,11-10?. The molecule has 0 aliphatic heterocycles. The molecular formula is C10H18N2. The van der Waals surface area contributed by atoms with Crippen molar-refractivity contribution in [3.8, 4) is 0 Å². The first-order valence-electron chi connectivity index (χ1n) is 4.18. The zero-order chi connectivity index (χ0) is 9.56. The summed E-state index contributed by atoms with van der Waals surface area (Å²) in [5, 5.41) is 0. The number of nitrogens with zero attached hydrogens (tertiary/aromatic N) is 2. The summed E-state index contributed by atoms with van der Waals surface area (Å²) in [5.41, 5.74) is 0.989. The molecule has 0 aliphatic rings. The molecule has 12 heavy (non-hydrogen) atoms. The van der Waals surface area contributed by atoms with Crippen molar-refractivity contribution in [2.75, 3.05) is 7.05 Å². The van der Waals surface area contributed by atoms with E-state index in [-0.39, 0.29) is 0 Å². The lowest BCUT2D eigenvalue weighted by atomic mass is 10.4. The van der Waals surface area contributed by atoms with Crippen LogP contribution in [0.25, 0.3) is 0 Å². The third-order valence-electron chi connectivity index (χ3n) is 1.57. The number of rotatable bonds is 3. The third kappa shape index (κ3) is 3.37. The molecule has 0 N–H and O–H groups in total. The molecule has 0 amide bonds. The van der Waals surface area contributed by atoms with Gasteiger partial charge < -0.3 is 4.90 Å². The van der Waals surface area contributed by atoms with E-state index < -0.39 is 0 Å². The van der Waals surface area contributed by atoms with Gasteiger partial charge in [-0.05, 0) is 20.3 Å². The molecule has 68 valence electrons. The van der Waals surface area contributed by atoms with Gasteiger partial charge in [-0.15, -0.1) is 0 Å². The van der Waals surface area contributed by atoms with Gasteiger partial charge >= 0.3 is 0 Å². The van der Waals surface area contributed by atoms with Crippen LogP contribution in [-0.2, 0) is 0 Å². The van der Waals surface area contributed by atoms with E-state index in [1.807, 2.05) is 24.9 Å². The van der Waals surface area contributed by atoms with Crippen molar-refractivity contribution in [1.29, 1.82) is 0 Å². The molecule has 0 bridgehead atoms. The van der Waals surface area contributed by atoms with Crippen LogP contribution < -0.4 is 0 Å². The van der Waals surface area contributed by atoms with Gasteiger partial charge in [0, 0.05) is 18.9 Å². The van der Waals surface area contributed by atoms with Gasteiger partial charge in [0.1, 0.15) is 5.84 Å². The summed E-state index contributed by atoms with van der Waals surface area (Å²) in [7, 11) is 1.78. The molecule has 0 aromatic heterocycles. The fourth-order valence-corrected chi connectivity index (χ4v) is 0.830. The molecule has 0 saturated carbocycles. The number of hydrogen-bond acceptors (Lipinski definition) is 1. The molecule has 0 heterocycles. The quantitative estimate of drug-likeness (QED) is 0.465. The molecule has 0 rings (SSSR count). The molecule has 0 atom stereocenters. The highest BCUT2D eigenvalue weighted by Gasteiger charge is 2.00. The van der Waals surface area contributed by atoms with Gasteiger partial charge in [-0.25, -0.2) is 0 Å². The maximum Gasteiger partial charge on any atom is 0.104 e. The largest absolute Gasteiger partial charge is 0.311 e. The second kappa shape index (κ2) is 5.58. The lowest BCUT2D eigenvalue weighted by Crippen LogP contribution is -2.20. The summed E-state index contributed by atoms with van der Waals surface area (Å²) in [6.45, 7) is 9.91. The average Bonchev–Trinajstić information content (AvgIpc) is 2.04. The molecule has 2 heteroatoms. The van der Waals surface area contributed by atoms with Gasteiger partial charge in [0.2, 0.25) is 0 Å². The predicted molar refractivity (Wildman–Crippen MR) is 55.1 cm³/mol. The smallest absolute Gasteiger partial charge is 0.104 e. The van der Waals surface area contributed by atoms with E-state index in [2.05, 4.69) is 24.6 Å². The number of allylic oxidation sites excluding steroid dienone is 2. The Balaban J connectivity index is 4.45. The molecule has 0 radical (unpaired) electrons. The fraction of sp³-hybridized carbons (Fsp3) is 0.500. The second-order valence-electron chi connectivity index (χ2n) is 2.67. The van der Waals surface area contributed by atoms with Crippen LogP contribution in [0.15, 0.2) is 29.5 Å². The Bertz CT molecular complexity index is 202. The van der Waals surface area contributed by atoms with Gasteiger partial charge in [-0.3, -0.25) is 4.99 Å². The van der Waals surface area contributed by atoms with E-state index in [0.717, 1.165) is 18.0 Å². The van der Waals surface area contributed by atoms with Crippen LogP contribution in [0, 0.1) is 0 Å². The summed E-state index contributed by atoms with van der Waals surface area (Å²) in [6, 6.07) is 0. The van der Waals surface area contributed by atoms with E-state index in [4.69, 9.17) is 0 Å². The Labute approximate surface area is 75.3 Å². The fourth-order valence-electron chi connectivity index (χ4n) is 0.830. The Morgan fingerprint density at radius 2 is 2.08 bits per heavy atom. The van der Waals surface area contributed by atoms with Crippen molar-refractivity contribution in [1.82, 2.24) is 4.90 Å². The number of aliphatic imine (C=N–C) groups is 1. The summed E-state index contributed by atoms with van der Waals surface area (Å²) >= 11 is 0. The summed E-state index contributed by atoms with van der Waals surface area (Å²) in [6.07, 6.45) is 5.12. The van der Waals surface area contributed by atoms with Crippen molar-refractivity contribution in [2.24, 2.45) is 4.99 Å². The molecule has 0 spiro atoms. The van der Waals surface area contributed by atoms with Crippen LogP contribution in [0.3, 0.4) is 0 Å². The zero-order valence-electron chi connectivity index (χ0n) is 8.46. The van der Waals surface area contributed by atoms with Gasteiger partial charge in [0.25, 0.3) is 0 Å². The molecule has 0 fully saturated rings. The highest BCUT2D eigenvalue weighted by Crippen LogP contribution is 2.03. The molecule has 0 unspecified atom stereocenters. The van der Waals surface area contributed by atoms with Crippen molar-refractivity contribution in [3.63, 3.8) is 0 Å². The van der Waals surface area contributed by atoms with Gasteiger partial charge in [0.15, 0.2) is 0 Å². The minimum Gasteiger partial charge on any atom is -0.311 e. The minimum atomic E-state index is 0.965. The van der Waals surface area contributed by atoms with E-state index in [9.17, 15) is 0 Å². The lowest BCUT2D eigenvalue weighted by Gasteiger charge is -2.18. The van der Waals surface area contributed by atoms with Gasteiger partial charge in [-0.2, -0.15) is 0 Å². The van der Waals surface area contributed by atoms with Crippen LogP contribution in [0.2, 0.25) is 0 Å². The predicted octanol–water partition coefficient (Wildman–Crippen LogP) is 2.79. The van der Waals surface area contributed by atoms with Crippen LogP contribution in [0.1, 0.15) is 27.2 Å². The van der Waals surface area contributed by atoms with E-state index in [0.29, 0.717) is 0 Å². The van der Waals surface area contributed by atoms with Crippen molar-refractivity contribution < 1.29 is 0 Å².